The third-order valence-electron chi connectivity index (χ3n) is 4.89. The molecule has 0 amide bonds. The van der Waals surface area contributed by atoms with E-state index in [9.17, 15) is 13.6 Å². The fourth-order valence-electron chi connectivity index (χ4n) is 3.38. The standard InChI is InChI=1S/C20H18ClF2N5O2/c21-13-10-26-20(29)16-17(11(8-24)9-25-12-4-6-30-7-5-12)27-28(18(13)16)19-14(22)2-1-3-15(19)23/h1-3,8-10,12H,4-7,24H2,(H,26,29). The van der Waals surface area contributed by atoms with Crippen molar-refractivity contribution < 1.29 is 13.5 Å². The Hall–Kier alpha value is -3.04. The van der Waals surface area contributed by atoms with Gasteiger partial charge in [0.1, 0.15) is 16.9 Å². The van der Waals surface area contributed by atoms with E-state index < -0.39 is 22.9 Å². The van der Waals surface area contributed by atoms with Crippen molar-refractivity contribution in [1.82, 2.24) is 14.8 Å². The third-order valence-corrected chi connectivity index (χ3v) is 5.17. The summed E-state index contributed by atoms with van der Waals surface area (Å²) in [6, 6.07) is 3.48. The molecule has 0 atom stereocenters. The quantitative estimate of drug-likeness (QED) is 0.617. The van der Waals surface area contributed by atoms with Gasteiger partial charge in [-0.15, -0.1) is 0 Å². The lowest BCUT2D eigenvalue weighted by Gasteiger charge is -2.18. The zero-order valence-corrected chi connectivity index (χ0v) is 16.5. The van der Waals surface area contributed by atoms with Crippen LogP contribution in [0.1, 0.15) is 18.5 Å². The molecule has 0 bridgehead atoms. The summed E-state index contributed by atoms with van der Waals surface area (Å²) in [4.78, 5) is 19.6. The molecule has 1 saturated heterocycles. The van der Waals surface area contributed by atoms with E-state index in [-0.39, 0.29) is 27.7 Å². The number of nitrogens with two attached hydrogens (primary N) is 1. The molecule has 1 fully saturated rings. The number of nitrogens with zero attached hydrogens (tertiary/aromatic N) is 3. The Labute approximate surface area is 174 Å². The second-order valence-electron chi connectivity index (χ2n) is 6.76. The van der Waals surface area contributed by atoms with Crippen LogP contribution in [0, 0.1) is 11.6 Å². The maximum atomic E-state index is 14.5. The second-order valence-corrected chi connectivity index (χ2v) is 7.17. The fourth-order valence-corrected chi connectivity index (χ4v) is 3.61. The van der Waals surface area contributed by atoms with Gasteiger partial charge in [0.2, 0.25) is 0 Å². The molecule has 4 rings (SSSR count). The number of H-pyrrole nitrogens is 1. The van der Waals surface area contributed by atoms with Gasteiger partial charge in [-0.25, -0.2) is 13.5 Å². The minimum Gasteiger partial charge on any atom is -0.404 e. The number of hydrogen-bond donors (Lipinski definition) is 2. The highest BCUT2D eigenvalue weighted by Crippen LogP contribution is 2.30. The van der Waals surface area contributed by atoms with Crippen LogP contribution in [0.4, 0.5) is 8.78 Å². The number of pyridine rings is 1. The van der Waals surface area contributed by atoms with Gasteiger partial charge < -0.3 is 15.5 Å². The Kier molecular flexibility index (Phi) is 5.65. The second kappa shape index (κ2) is 8.37. The Morgan fingerprint density at radius 2 is 2.03 bits per heavy atom. The largest absolute Gasteiger partial charge is 0.404 e. The molecule has 1 aromatic carbocycles. The molecular formula is C20H18ClF2N5O2. The summed E-state index contributed by atoms with van der Waals surface area (Å²) in [5, 5.41) is 4.43. The number of fused-ring (bicyclic) bond motifs is 1. The first-order chi connectivity index (χ1) is 14.5. The van der Waals surface area contributed by atoms with Crippen molar-refractivity contribution >= 4 is 34.3 Å². The monoisotopic (exact) mass is 433 g/mol. The summed E-state index contributed by atoms with van der Waals surface area (Å²) in [7, 11) is 0. The summed E-state index contributed by atoms with van der Waals surface area (Å²) < 4.78 is 35.2. The van der Waals surface area contributed by atoms with Gasteiger partial charge in [0, 0.05) is 37.4 Å². The Morgan fingerprint density at radius 1 is 1.33 bits per heavy atom. The maximum Gasteiger partial charge on any atom is 0.259 e. The van der Waals surface area contributed by atoms with E-state index in [0.29, 0.717) is 18.8 Å². The molecule has 1 aliphatic heterocycles. The van der Waals surface area contributed by atoms with Crippen molar-refractivity contribution in [2.75, 3.05) is 13.2 Å². The Bertz CT molecular complexity index is 1190. The zero-order chi connectivity index (χ0) is 21.3. The average molecular weight is 434 g/mol. The van der Waals surface area contributed by atoms with Gasteiger partial charge in [-0.1, -0.05) is 17.7 Å². The van der Waals surface area contributed by atoms with Crippen LogP contribution in [0.25, 0.3) is 22.2 Å². The van der Waals surface area contributed by atoms with Crippen LogP contribution in [0.15, 0.2) is 40.4 Å². The molecule has 0 saturated carbocycles. The Balaban J connectivity index is 1.91. The van der Waals surface area contributed by atoms with Crippen LogP contribution in [-0.4, -0.2) is 40.2 Å². The minimum atomic E-state index is -0.851. The Morgan fingerprint density at radius 3 is 2.70 bits per heavy atom. The lowest BCUT2D eigenvalue weighted by atomic mass is 10.1. The first kappa shape index (κ1) is 20.2. The maximum absolute atomic E-state index is 14.5. The number of aliphatic imine (C=N–C) groups is 1. The number of hydrogen-bond acceptors (Lipinski definition) is 5. The van der Waals surface area contributed by atoms with Gasteiger partial charge in [-0.05, 0) is 25.0 Å². The molecule has 7 nitrogen and oxygen atoms in total. The van der Waals surface area contributed by atoms with Gasteiger partial charge >= 0.3 is 0 Å². The molecule has 0 aliphatic carbocycles. The highest BCUT2D eigenvalue weighted by molar-refractivity contribution is 6.35. The first-order valence-corrected chi connectivity index (χ1v) is 9.66. The molecule has 2 aromatic heterocycles. The van der Waals surface area contributed by atoms with Gasteiger partial charge in [0.25, 0.3) is 5.56 Å². The highest BCUT2D eigenvalue weighted by atomic mass is 35.5. The lowest BCUT2D eigenvalue weighted by molar-refractivity contribution is 0.0872. The molecule has 10 heteroatoms. The molecule has 0 unspecified atom stereocenters. The van der Waals surface area contributed by atoms with Crippen LogP contribution in [0.5, 0.6) is 0 Å². The van der Waals surface area contributed by atoms with Crippen molar-refractivity contribution in [2.24, 2.45) is 10.7 Å². The summed E-state index contributed by atoms with van der Waals surface area (Å²) >= 11 is 6.27. The van der Waals surface area contributed by atoms with E-state index in [2.05, 4.69) is 15.1 Å². The van der Waals surface area contributed by atoms with E-state index in [1.165, 1.54) is 24.7 Å². The zero-order valence-electron chi connectivity index (χ0n) is 15.7. The fraction of sp³-hybridized carbons (Fsp3) is 0.250. The van der Waals surface area contributed by atoms with Gasteiger partial charge in [0.05, 0.1) is 16.5 Å². The van der Waals surface area contributed by atoms with Gasteiger partial charge in [0.15, 0.2) is 11.6 Å². The number of benzene rings is 1. The number of nitrogens with one attached hydrogen (secondary N) is 1. The topological polar surface area (TPSA) is 98.3 Å². The van der Waals surface area contributed by atoms with Crippen molar-refractivity contribution in [1.29, 1.82) is 0 Å². The van der Waals surface area contributed by atoms with E-state index in [0.717, 1.165) is 29.7 Å². The summed E-state index contributed by atoms with van der Waals surface area (Å²) in [6.45, 7) is 1.23. The van der Waals surface area contributed by atoms with Crippen LogP contribution in [0.3, 0.4) is 0 Å². The predicted octanol–water partition coefficient (Wildman–Crippen LogP) is 3.19. The highest BCUT2D eigenvalue weighted by Gasteiger charge is 2.23. The van der Waals surface area contributed by atoms with E-state index in [1.54, 1.807) is 0 Å². The average Bonchev–Trinajstić information content (AvgIpc) is 3.13. The number of halogens is 3. The van der Waals surface area contributed by atoms with Crippen LogP contribution >= 0.6 is 11.6 Å². The first-order valence-electron chi connectivity index (χ1n) is 9.28. The lowest BCUT2D eigenvalue weighted by Crippen LogP contribution is -2.18. The van der Waals surface area contributed by atoms with Gasteiger partial charge in [-0.3, -0.25) is 9.79 Å². The molecule has 1 aliphatic rings. The number of rotatable bonds is 4. The third kappa shape index (κ3) is 3.61. The summed E-state index contributed by atoms with van der Waals surface area (Å²) in [5.41, 5.74) is 5.34. The number of ether oxygens (including phenoxy) is 1. The number of para-hydroxylation sites is 1. The van der Waals surface area contributed by atoms with Crippen molar-refractivity contribution in [3.63, 3.8) is 0 Å². The molecule has 3 aromatic rings. The van der Waals surface area contributed by atoms with E-state index >= 15 is 0 Å². The molecule has 0 spiro atoms. The molecular weight excluding hydrogens is 416 g/mol. The van der Waals surface area contributed by atoms with Crippen LogP contribution < -0.4 is 11.3 Å². The minimum absolute atomic E-state index is 0.0490. The predicted molar refractivity (Wildman–Crippen MR) is 111 cm³/mol. The van der Waals surface area contributed by atoms with Crippen LogP contribution in [0.2, 0.25) is 5.02 Å². The van der Waals surface area contributed by atoms with Crippen molar-refractivity contribution in [2.45, 2.75) is 18.9 Å². The SMILES string of the molecule is NC=C(C=NC1CCOCC1)c1nn(-c2c(F)cccc2F)c2c(Cl)c[nH]c(=O)c12. The van der Waals surface area contributed by atoms with E-state index in [4.69, 9.17) is 22.1 Å². The molecule has 0 radical (unpaired) electrons. The number of aromatic amines is 1. The van der Waals surface area contributed by atoms with Gasteiger partial charge in [-0.2, -0.15) is 5.10 Å². The van der Waals surface area contributed by atoms with Crippen molar-refractivity contribution in [3.05, 3.63) is 63.3 Å². The van der Waals surface area contributed by atoms with Crippen LogP contribution in [-0.2, 0) is 4.74 Å². The smallest absolute Gasteiger partial charge is 0.259 e. The molecule has 3 N–H and O–H groups in total. The summed E-state index contributed by atoms with van der Waals surface area (Å²) in [5.74, 6) is -1.70. The molecule has 156 valence electrons. The van der Waals surface area contributed by atoms with Crippen molar-refractivity contribution in [3.8, 4) is 5.69 Å². The molecule has 3 heterocycles. The number of allylic oxidation sites excluding steroid dienone is 1. The van der Waals surface area contributed by atoms with E-state index in [1.807, 2.05) is 0 Å². The summed E-state index contributed by atoms with van der Waals surface area (Å²) in [6.07, 6.45) is 5.52. The normalized spacial score (nSPS) is 16.0. The molecule has 30 heavy (non-hydrogen) atoms. The number of aromatic nitrogens is 3.